The Morgan fingerprint density at radius 1 is 1.11 bits per heavy atom. The molecule has 5 heteroatoms. The van der Waals surface area contributed by atoms with Gasteiger partial charge in [0.2, 0.25) is 0 Å². The van der Waals surface area contributed by atoms with Crippen molar-refractivity contribution in [1.82, 2.24) is 4.90 Å². The first-order chi connectivity index (χ1) is 13.0. The number of hydrogen-bond acceptors (Lipinski definition) is 3. The molecule has 0 aromatic heterocycles. The summed E-state index contributed by atoms with van der Waals surface area (Å²) in [7, 11) is 1.31. The highest BCUT2D eigenvalue weighted by Gasteiger charge is 2.39. The third-order valence-corrected chi connectivity index (χ3v) is 5.05. The molecule has 0 spiro atoms. The van der Waals surface area contributed by atoms with Gasteiger partial charge in [0.1, 0.15) is 0 Å². The Kier molecular flexibility index (Phi) is 5.47. The van der Waals surface area contributed by atoms with Gasteiger partial charge < -0.3 is 9.64 Å². The fraction of sp³-hybridized carbons (Fsp3) is 0.182. The molecule has 1 aliphatic rings. The van der Waals surface area contributed by atoms with Crippen LogP contribution in [0.25, 0.3) is 6.08 Å². The number of ether oxygens (including phenoxy) is 1. The van der Waals surface area contributed by atoms with Crippen LogP contribution in [0.3, 0.4) is 0 Å². The molecule has 0 bridgehead atoms. The highest BCUT2D eigenvalue weighted by Crippen LogP contribution is 2.38. The van der Waals surface area contributed by atoms with Crippen molar-refractivity contribution in [2.45, 2.75) is 19.9 Å². The third-order valence-electron chi connectivity index (χ3n) is 4.71. The molecular weight excluding hydrogens is 362 g/mol. The number of carbonyl (C=O) groups excluding carboxylic acids is 2. The molecule has 1 atom stereocenters. The average molecular weight is 382 g/mol. The first kappa shape index (κ1) is 18.9. The summed E-state index contributed by atoms with van der Waals surface area (Å²) in [5.74, 6) is -0.786. The molecule has 0 saturated heterocycles. The number of rotatable bonds is 4. The number of amides is 1. The maximum atomic E-state index is 13.2. The number of esters is 1. The summed E-state index contributed by atoms with van der Waals surface area (Å²) in [6.07, 6.45) is 1.65. The van der Waals surface area contributed by atoms with Crippen LogP contribution in [0.4, 0.5) is 0 Å². The van der Waals surface area contributed by atoms with Gasteiger partial charge in [-0.2, -0.15) is 0 Å². The van der Waals surface area contributed by atoms with Crippen LogP contribution in [0.2, 0.25) is 5.02 Å². The first-order valence-corrected chi connectivity index (χ1v) is 8.97. The highest BCUT2D eigenvalue weighted by atomic mass is 35.5. The topological polar surface area (TPSA) is 46.6 Å². The summed E-state index contributed by atoms with van der Waals surface area (Å²) in [6.45, 7) is 3.70. The predicted octanol–water partition coefficient (Wildman–Crippen LogP) is 4.77. The lowest BCUT2D eigenvalue weighted by Gasteiger charge is -2.26. The van der Waals surface area contributed by atoms with Crippen molar-refractivity contribution >= 4 is 29.6 Å². The van der Waals surface area contributed by atoms with Crippen LogP contribution >= 0.6 is 11.6 Å². The average Bonchev–Trinajstić information content (AvgIpc) is 2.93. The molecule has 1 amide bonds. The van der Waals surface area contributed by atoms with Gasteiger partial charge in [0, 0.05) is 10.7 Å². The van der Waals surface area contributed by atoms with E-state index in [9.17, 15) is 9.59 Å². The SMILES string of the molecule is COC(=O)C1=C(C)N([C@H](C)c2ccccc2)C(=O)/C1=C\c1ccccc1Cl. The molecule has 4 nitrogen and oxygen atoms in total. The van der Waals surface area contributed by atoms with Crippen molar-refractivity contribution in [3.8, 4) is 0 Å². The molecule has 1 heterocycles. The number of methoxy groups -OCH3 is 1. The molecule has 0 radical (unpaired) electrons. The Labute approximate surface area is 163 Å². The maximum absolute atomic E-state index is 13.2. The molecule has 0 fully saturated rings. The summed E-state index contributed by atoms with van der Waals surface area (Å²) >= 11 is 6.24. The molecule has 1 aliphatic heterocycles. The largest absolute Gasteiger partial charge is 0.465 e. The number of hydrogen-bond donors (Lipinski definition) is 0. The summed E-state index contributed by atoms with van der Waals surface area (Å²) in [5, 5.41) is 0.509. The Bertz CT molecular complexity index is 947. The van der Waals surface area contributed by atoms with Gasteiger partial charge in [0.15, 0.2) is 0 Å². The van der Waals surface area contributed by atoms with E-state index in [0.29, 0.717) is 16.3 Å². The van der Waals surface area contributed by atoms with Gasteiger partial charge in [-0.3, -0.25) is 4.79 Å². The van der Waals surface area contributed by atoms with E-state index in [0.717, 1.165) is 5.56 Å². The monoisotopic (exact) mass is 381 g/mol. The van der Waals surface area contributed by atoms with E-state index < -0.39 is 5.97 Å². The van der Waals surface area contributed by atoms with Gasteiger partial charge in [0.25, 0.3) is 5.91 Å². The summed E-state index contributed by atoms with van der Waals surface area (Å²) in [5.41, 5.74) is 2.78. The second-order valence-corrected chi connectivity index (χ2v) is 6.70. The quantitative estimate of drug-likeness (QED) is 0.566. The zero-order chi connectivity index (χ0) is 19.6. The zero-order valence-corrected chi connectivity index (χ0v) is 16.2. The molecule has 2 aromatic carbocycles. The fourth-order valence-corrected chi connectivity index (χ4v) is 3.48. The zero-order valence-electron chi connectivity index (χ0n) is 15.4. The van der Waals surface area contributed by atoms with E-state index in [1.54, 1.807) is 30.0 Å². The Morgan fingerprint density at radius 3 is 2.37 bits per heavy atom. The van der Waals surface area contributed by atoms with Crippen molar-refractivity contribution in [2.24, 2.45) is 0 Å². The smallest absolute Gasteiger partial charge is 0.340 e. The summed E-state index contributed by atoms with van der Waals surface area (Å²) in [6, 6.07) is 16.6. The second kappa shape index (κ2) is 7.80. The first-order valence-electron chi connectivity index (χ1n) is 8.60. The number of benzene rings is 2. The van der Waals surface area contributed by atoms with Crippen LogP contribution in [0.5, 0.6) is 0 Å². The van der Waals surface area contributed by atoms with E-state index >= 15 is 0 Å². The van der Waals surface area contributed by atoms with Gasteiger partial charge in [-0.15, -0.1) is 0 Å². The van der Waals surface area contributed by atoms with E-state index in [-0.39, 0.29) is 23.1 Å². The van der Waals surface area contributed by atoms with Crippen LogP contribution in [0.15, 0.2) is 71.4 Å². The standard InChI is InChI=1S/C22H20ClNO3/c1-14(16-9-5-4-6-10-16)24-15(2)20(22(26)27-3)18(21(24)25)13-17-11-7-8-12-19(17)23/h4-14H,1-3H3/b18-13-/t14-/m1/s1. The van der Waals surface area contributed by atoms with E-state index in [1.807, 2.05) is 49.4 Å². The lowest BCUT2D eigenvalue weighted by atomic mass is 10.0. The van der Waals surface area contributed by atoms with E-state index in [4.69, 9.17) is 16.3 Å². The Hall–Kier alpha value is -2.85. The third kappa shape index (κ3) is 3.53. The summed E-state index contributed by atoms with van der Waals surface area (Å²) < 4.78 is 4.94. The molecule has 138 valence electrons. The lowest BCUT2D eigenvalue weighted by Crippen LogP contribution is -2.28. The van der Waals surface area contributed by atoms with E-state index in [1.165, 1.54) is 7.11 Å². The van der Waals surface area contributed by atoms with Crippen LogP contribution in [-0.4, -0.2) is 23.9 Å². The van der Waals surface area contributed by atoms with Gasteiger partial charge in [0.05, 0.1) is 24.3 Å². The fourth-order valence-electron chi connectivity index (χ4n) is 3.29. The minimum atomic E-state index is -0.540. The van der Waals surface area contributed by atoms with Crippen LogP contribution in [0.1, 0.15) is 31.0 Å². The van der Waals surface area contributed by atoms with Crippen molar-refractivity contribution in [3.05, 3.63) is 87.6 Å². The van der Waals surface area contributed by atoms with Gasteiger partial charge in [-0.25, -0.2) is 4.79 Å². The molecule has 0 saturated carbocycles. The number of allylic oxidation sites excluding steroid dienone is 1. The predicted molar refractivity (Wildman–Crippen MR) is 106 cm³/mol. The molecule has 3 rings (SSSR count). The normalized spacial score (nSPS) is 16.8. The van der Waals surface area contributed by atoms with Crippen molar-refractivity contribution in [3.63, 3.8) is 0 Å². The van der Waals surface area contributed by atoms with Crippen LogP contribution in [-0.2, 0) is 14.3 Å². The van der Waals surface area contributed by atoms with E-state index in [2.05, 4.69) is 0 Å². The van der Waals surface area contributed by atoms with Gasteiger partial charge >= 0.3 is 5.97 Å². The number of carbonyl (C=O) groups is 2. The molecule has 0 aliphatic carbocycles. The second-order valence-electron chi connectivity index (χ2n) is 6.29. The summed E-state index contributed by atoms with van der Waals surface area (Å²) in [4.78, 5) is 27.3. The highest BCUT2D eigenvalue weighted by molar-refractivity contribution is 6.32. The van der Waals surface area contributed by atoms with Gasteiger partial charge in [-0.05, 0) is 37.1 Å². The van der Waals surface area contributed by atoms with Crippen LogP contribution in [0, 0.1) is 0 Å². The molecule has 2 aromatic rings. The van der Waals surface area contributed by atoms with Crippen LogP contribution < -0.4 is 0 Å². The Morgan fingerprint density at radius 2 is 1.74 bits per heavy atom. The van der Waals surface area contributed by atoms with Gasteiger partial charge in [-0.1, -0.05) is 60.1 Å². The number of halogens is 1. The lowest BCUT2D eigenvalue weighted by molar-refractivity contribution is -0.136. The molecular formula is C22H20ClNO3. The number of nitrogens with zero attached hydrogens (tertiary/aromatic N) is 1. The molecule has 0 N–H and O–H groups in total. The van der Waals surface area contributed by atoms with Crippen molar-refractivity contribution < 1.29 is 14.3 Å². The Balaban J connectivity index is 2.11. The maximum Gasteiger partial charge on any atom is 0.340 e. The minimum Gasteiger partial charge on any atom is -0.465 e. The molecule has 0 unspecified atom stereocenters. The minimum absolute atomic E-state index is 0.226. The van der Waals surface area contributed by atoms with Crippen molar-refractivity contribution in [1.29, 1.82) is 0 Å². The van der Waals surface area contributed by atoms with Crippen molar-refractivity contribution in [2.75, 3.05) is 7.11 Å². The molecule has 27 heavy (non-hydrogen) atoms.